The molecule has 1 amide bonds. The second-order valence-electron chi connectivity index (χ2n) is 7.77. The first-order valence-electron chi connectivity index (χ1n) is 9.94. The van der Waals surface area contributed by atoms with Crippen LogP contribution in [-0.2, 0) is 17.9 Å². The molecule has 0 saturated carbocycles. The van der Waals surface area contributed by atoms with Crippen LogP contribution >= 0.6 is 24.0 Å². The Balaban J connectivity index is 0.00000450. The van der Waals surface area contributed by atoms with Gasteiger partial charge in [-0.25, -0.2) is 4.99 Å². The molecule has 6 nitrogen and oxygen atoms in total. The molecular formula is C23H33IN4O2. The average Bonchev–Trinajstić information content (AvgIpc) is 2.69. The van der Waals surface area contributed by atoms with Crippen LogP contribution in [0.2, 0.25) is 0 Å². The first-order valence-corrected chi connectivity index (χ1v) is 9.94. The largest absolute Gasteiger partial charge is 0.489 e. The summed E-state index contributed by atoms with van der Waals surface area (Å²) in [5.74, 6) is 1.37. The Morgan fingerprint density at radius 3 is 2.23 bits per heavy atom. The van der Waals surface area contributed by atoms with Crippen molar-refractivity contribution in [3.8, 4) is 5.75 Å². The van der Waals surface area contributed by atoms with E-state index in [9.17, 15) is 4.79 Å². The Morgan fingerprint density at radius 1 is 0.967 bits per heavy atom. The van der Waals surface area contributed by atoms with Crippen LogP contribution in [0.5, 0.6) is 5.75 Å². The predicted octanol–water partition coefficient (Wildman–Crippen LogP) is 3.85. The van der Waals surface area contributed by atoms with Crippen LogP contribution in [0.25, 0.3) is 0 Å². The molecule has 0 unspecified atom stereocenters. The average molecular weight is 524 g/mol. The van der Waals surface area contributed by atoms with Crippen molar-refractivity contribution in [2.75, 3.05) is 13.1 Å². The summed E-state index contributed by atoms with van der Waals surface area (Å²) in [6.45, 7) is 9.81. The van der Waals surface area contributed by atoms with Gasteiger partial charge in [0.05, 0.1) is 13.1 Å². The molecule has 0 fully saturated rings. The maximum Gasteiger partial charge on any atom is 0.239 e. The van der Waals surface area contributed by atoms with Crippen LogP contribution in [0, 0.1) is 0 Å². The lowest BCUT2D eigenvalue weighted by Gasteiger charge is -2.21. The van der Waals surface area contributed by atoms with Crippen molar-refractivity contribution in [1.82, 2.24) is 16.0 Å². The number of amides is 1. The van der Waals surface area contributed by atoms with Gasteiger partial charge in [0.25, 0.3) is 0 Å². The van der Waals surface area contributed by atoms with E-state index in [1.54, 1.807) is 0 Å². The van der Waals surface area contributed by atoms with Gasteiger partial charge in [0.15, 0.2) is 5.96 Å². The molecule has 7 heteroatoms. The number of carbonyl (C=O) groups excluding carboxylic acids is 1. The molecule has 0 aliphatic rings. The van der Waals surface area contributed by atoms with Crippen molar-refractivity contribution in [2.45, 2.75) is 46.4 Å². The number of nitrogens with one attached hydrogen (secondary N) is 3. The number of guanidine groups is 1. The SMILES string of the molecule is CCNC(=NCc1ccc(OCc2ccccc2)cc1)NCC(=O)NC(C)(C)C.I. The number of hydrogen-bond donors (Lipinski definition) is 3. The predicted molar refractivity (Wildman–Crippen MR) is 133 cm³/mol. The third kappa shape index (κ3) is 10.5. The van der Waals surface area contributed by atoms with Crippen molar-refractivity contribution in [3.05, 3.63) is 65.7 Å². The molecule has 30 heavy (non-hydrogen) atoms. The van der Waals surface area contributed by atoms with Gasteiger partial charge in [0.1, 0.15) is 12.4 Å². The molecule has 0 radical (unpaired) electrons. The van der Waals surface area contributed by atoms with E-state index in [1.807, 2.05) is 82.3 Å². The van der Waals surface area contributed by atoms with Gasteiger partial charge in [0.2, 0.25) is 5.91 Å². The molecule has 3 N–H and O–H groups in total. The molecule has 0 spiro atoms. The van der Waals surface area contributed by atoms with Gasteiger partial charge in [0, 0.05) is 12.1 Å². The van der Waals surface area contributed by atoms with Crippen LogP contribution in [-0.4, -0.2) is 30.5 Å². The summed E-state index contributed by atoms with van der Waals surface area (Å²) in [6, 6.07) is 18.0. The Hall–Kier alpha value is -2.29. The minimum Gasteiger partial charge on any atom is -0.489 e. The van der Waals surface area contributed by atoms with Gasteiger partial charge >= 0.3 is 0 Å². The quantitative estimate of drug-likeness (QED) is 0.279. The number of ether oxygens (including phenoxy) is 1. The first-order chi connectivity index (χ1) is 13.9. The van der Waals surface area contributed by atoms with E-state index in [1.165, 1.54) is 0 Å². The smallest absolute Gasteiger partial charge is 0.239 e. The van der Waals surface area contributed by atoms with Crippen molar-refractivity contribution >= 4 is 35.8 Å². The van der Waals surface area contributed by atoms with Gasteiger partial charge in [-0.15, -0.1) is 24.0 Å². The topological polar surface area (TPSA) is 74.8 Å². The van der Waals surface area contributed by atoms with E-state index in [-0.39, 0.29) is 42.0 Å². The Bertz CT molecular complexity index is 787. The van der Waals surface area contributed by atoms with E-state index < -0.39 is 0 Å². The van der Waals surface area contributed by atoms with Crippen LogP contribution in [0.3, 0.4) is 0 Å². The zero-order valence-corrected chi connectivity index (χ0v) is 20.5. The molecule has 0 bridgehead atoms. The first kappa shape index (κ1) is 25.7. The van der Waals surface area contributed by atoms with Gasteiger partial charge < -0.3 is 20.7 Å². The van der Waals surface area contributed by atoms with Crippen LogP contribution in [0.1, 0.15) is 38.8 Å². The lowest BCUT2D eigenvalue weighted by Crippen LogP contribution is -2.48. The molecule has 2 aromatic rings. The van der Waals surface area contributed by atoms with Gasteiger partial charge in [-0.1, -0.05) is 42.5 Å². The van der Waals surface area contributed by atoms with Gasteiger partial charge in [-0.2, -0.15) is 0 Å². The molecule has 0 heterocycles. The molecule has 0 saturated heterocycles. The number of aliphatic imine (C=N–C) groups is 1. The highest BCUT2D eigenvalue weighted by atomic mass is 127. The van der Waals surface area contributed by atoms with Gasteiger partial charge in [-0.05, 0) is 51.0 Å². The third-order valence-electron chi connectivity index (χ3n) is 3.87. The molecule has 0 aliphatic heterocycles. The fraction of sp³-hybridized carbons (Fsp3) is 0.391. The lowest BCUT2D eigenvalue weighted by molar-refractivity contribution is -0.121. The van der Waals surface area contributed by atoms with E-state index in [0.29, 0.717) is 19.1 Å². The monoisotopic (exact) mass is 524 g/mol. The summed E-state index contributed by atoms with van der Waals surface area (Å²) in [5.41, 5.74) is 1.95. The van der Waals surface area contributed by atoms with E-state index in [0.717, 1.165) is 23.4 Å². The second-order valence-corrected chi connectivity index (χ2v) is 7.77. The minimum atomic E-state index is -0.251. The molecule has 2 aromatic carbocycles. The van der Waals surface area contributed by atoms with E-state index in [2.05, 4.69) is 20.9 Å². The van der Waals surface area contributed by atoms with E-state index in [4.69, 9.17) is 4.74 Å². The fourth-order valence-corrected chi connectivity index (χ4v) is 2.57. The number of benzene rings is 2. The minimum absolute atomic E-state index is 0. The second kappa shape index (κ2) is 13.1. The molecule has 164 valence electrons. The van der Waals surface area contributed by atoms with E-state index >= 15 is 0 Å². The number of nitrogens with zero attached hydrogens (tertiary/aromatic N) is 1. The lowest BCUT2D eigenvalue weighted by atomic mass is 10.1. The van der Waals surface area contributed by atoms with Crippen molar-refractivity contribution in [3.63, 3.8) is 0 Å². The summed E-state index contributed by atoms with van der Waals surface area (Å²) in [6.07, 6.45) is 0. The Morgan fingerprint density at radius 2 is 1.63 bits per heavy atom. The summed E-state index contributed by atoms with van der Waals surface area (Å²) < 4.78 is 5.81. The summed E-state index contributed by atoms with van der Waals surface area (Å²) in [4.78, 5) is 16.5. The molecule has 0 atom stereocenters. The highest BCUT2D eigenvalue weighted by molar-refractivity contribution is 14.0. The molecular weight excluding hydrogens is 491 g/mol. The normalized spacial score (nSPS) is 11.3. The standard InChI is InChI=1S/C23H32N4O2.HI/c1-5-24-22(26-16-21(28)27-23(2,3)4)25-15-18-11-13-20(14-12-18)29-17-19-9-7-6-8-10-19;/h6-14H,5,15-17H2,1-4H3,(H,27,28)(H2,24,25,26);1H. The number of carbonyl (C=O) groups is 1. The van der Waals surface area contributed by atoms with Gasteiger partial charge in [-0.3, -0.25) is 4.79 Å². The van der Waals surface area contributed by atoms with Crippen LogP contribution < -0.4 is 20.7 Å². The molecule has 0 aliphatic carbocycles. The third-order valence-corrected chi connectivity index (χ3v) is 3.87. The maximum absolute atomic E-state index is 12.0. The highest BCUT2D eigenvalue weighted by Crippen LogP contribution is 2.14. The van der Waals surface area contributed by atoms with Crippen LogP contribution in [0.4, 0.5) is 0 Å². The van der Waals surface area contributed by atoms with Crippen LogP contribution in [0.15, 0.2) is 59.6 Å². The highest BCUT2D eigenvalue weighted by Gasteiger charge is 2.13. The number of hydrogen-bond acceptors (Lipinski definition) is 3. The Labute approximate surface area is 196 Å². The molecule has 2 rings (SSSR count). The summed E-state index contributed by atoms with van der Waals surface area (Å²) in [5, 5.41) is 9.14. The fourth-order valence-electron chi connectivity index (χ4n) is 2.57. The maximum atomic E-state index is 12.0. The number of rotatable bonds is 8. The number of halogens is 1. The summed E-state index contributed by atoms with van der Waals surface area (Å²) in [7, 11) is 0. The van der Waals surface area contributed by atoms with Crippen molar-refractivity contribution in [1.29, 1.82) is 0 Å². The molecule has 0 aromatic heterocycles. The van der Waals surface area contributed by atoms with Crippen molar-refractivity contribution < 1.29 is 9.53 Å². The zero-order valence-electron chi connectivity index (χ0n) is 18.2. The van der Waals surface area contributed by atoms with Crippen molar-refractivity contribution in [2.24, 2.45) is 4.99 Å². The Kier molecular flexibility index (Phi) is 11.2. The summed E-state index contributed by atoms with van der Waals surface area (Å²) >= 11 is 0. The zero-order chi connectivity index (χ0) is 21.1.